The normalized spacial score (nSPS) is 19.5. The molecule has 0 aliphatic carbocycles. The van der Waals surface area contributed by atoms with Crippen LogP contribution in [0, 0.1) is 6.92 Å². The SMILES string of the molecule is Cc1c(OCC[C@@H]2COC(C)(C)O2)ccnc1C[S+]([O-])c1nc2ccccc2[nH]1. The fraction of sp³-hybridized carbons (Fsp3) is 0.429. The lowest BCUT2D eigenvalue weighted by atomic mass is 10.2. The lowest BCUT2D eigenvalue weighted by Crippen LogP contribution is -2.22. The first kappa shape index (κ1) is 20.2. The van der Waals surface area contributed by atoms with Gasteiger partial charge in [0.15, 0.2) is 11.5 Å². The van der Waals surface area contributed by atoms with E-state index in [9.17, 15) is 4.55 Å². The lowest BCUT2D eigenvalue weighted by Gasteiger charge is -2.17. The van der Waals surface area contributed by atoms with Gasteiger partial charge in [0.2, 0.25) is 0 Å². The highest BCUT2D eigenvalue weighted by Crippen LogP contribution is 2.26. The standard InChI is InChI=1S/C21H25N3O4S/c1-14-18(13-29(25)20-23-16-6-4-5-7-17(16)24-20)22-10-8-19(14)26-11-9-15-12-27-21(2,3)28-15/h4-8,10,15H,9,11-13H2,1-3H3,(H,23,24)/t15-,29?/m1/s1. The number of ether oxygens (including phenoxy) is 3. The summed E-state index contributed by atoms with van der Waals surface area (Å²) in [5.41, 5.74) is 3.31. The van der Waals surface area contributed by atoms with E-state index in [0.717, 1.165) is 34.5 Å². The van der Waals surface area contributed by atoms with Gasteiger partial charge >= 0.3 is 5.16 Å². The van der Waals surface area contributed by atoms with Crippen LogP contribution in [-0.2, 0) is 26.4 Å². The molecule has 3 heterocycles. The van der Waals surface area contributed by atoms with E-state index in [1.165, 1.54) is 0 Å². The van der Waals surface area contributed by atoms with Crippen molar-refractivity contribution >= 4 is 22.2 Å². The van der Waals surface area contributed by atoms with E-state index in [-0.39, 0.29) is 11.9 Å². The summed E-state index contributed by atoms with van der Waals surface area (Å²) in [5, 5.41) is 0.458. The predicted octanol–water partition coefficient (Wildman–Crippen LogP) is 3.49. The summed E-state index contributed by atoms with van der Waals surface area (Å²) in [6.45, 7) is 6.85. The molecule has 2 aromatic heterocycles. The Morgan fingerprint density at radius 2 is 2.14 bits per heavy atom. The van der Waals surface area contributed by atoms with Crippen molar-refractivity contribution in [3.05, 3.63) is 47.8 Å². The highest BCUT2D eigenvalue weighted by atomic mass is 32.2. The van der Waals surface area contributed by atoms with Gasteiger partial charge in [0.25, 0.3) is 0 Å². The maximum Gasteiger partial charge on any atom is 0.322 e. The molecule has 0 spiro atoms. The second-order valence-electron chi connectivity index (χ2n) is 7.52. The third-order valence-corrected chi connectivity index (χ3v) is 6.03. The maximum atomic E-state index is 12.8. The number of fused-ring (bicyclic) bond motifs is 1. The number of imidazole rings is 1. The Morgan fingerprint density at radius 3 is 2.90 bits per heavy atom. The monoisotopic (exact) mass is 415 g/mol. The molecule has 4 rings (SSSR count). The minimum Gasteiger partial charge on any atom is -0.609 e. The van der Waals surface area contributed by atoms with Crippen LogP contribution in [-0.4, -0.2) is 44.6 Å². The van der Waals surface area contributed by atoms with Crippen molar-refractivity contribution < 1.29 is 18.8 Å². The first-order valence-electron chi connectivity index (χ1n) is 9.63. The van der Waals surface area contributed by atoms with Gasteiger partial charge in [-0.05, 0) is 39.0 Å². The molecule has 2 atom stereocenters. The molecule has 29 heavy (non-hydrogen) atoms. The summed E-state index contributed by atoms with van der Waals surface area (Å²) >= 11 is -1.32. The van der Waals surface area contributed by atoms with E-state index in [4.69, 9.17) is 14.2 Å². The van der Waals surface area contributed by atoms with Crippen molar-refractivity contribution in [1.29, 1.82) is 0 Å². The van der Waals surface area contributed by atoms with Gasteiger partial charge in [0.05, 0.1) is 36.0 Å². The molecule has 1 saturated heterocycles. The van der Waals surface area contributed by atoms with Gasteiger partial charge in [0.1, 0.15) is 5.75 Å². The van der Waals surface area contributed by atoms with Crippen LogP contribution in [0.5, 0.6) is 5.75 Å². The number of aromatic amines is 1. The summed E-state index contributed by atoms with van der Waals surface area (Å²) in [4.78, 5) is 12.0. The molecule has 8 heteroatoms. The minimum atomic E-state index is -1.32. The molecule has 0 saturated carbocycles. The van der Waals surface area contributed by atoms with Crippen LogP contribution < -0.4 is 4.74 Å². The van der Waals surface area contributed by atoms with E-state index < -0.39 is 17.0 Å². The van der Waals surface area contributed by atoms with Crippen LogP contribution in [0.4, 0.5) is 0 Å². The zero-order chi connectivity index (χ0) is 20.4. The van der Waals surface area contributed by atoms with Gasteiger partial charge in [-0.2, -0.15) is 4.98 Å². The Hall–Kier alpha value is -2.13. The smallest absolute Gasteiger partial charge is 0.322 e. The zero-order valence-corrected chi connectivity index (χ0v) is 17.6. The third kappa shape index (κ3) is 4.72. The van der Waals surface area contributed by atoms with Gasteiger partial charge in [-0.15, -0.1) is 0 Å². The molecule has 0 radical (unpaired) electrons. The molecule has 1 fully saturated rings. The van der Waals surface area contributed by atoms with Crippen molar-refractivity contribution in [2.24, 2.45) is 0 Å². The third-order valence-electron chi connectivity index (χ3n) is 4.87. The molecule has 1 aliphatic rings. The summed E-state index contributed by atoms with van der Waals surface area (Å²) in [6.07, 6.45) is 2.46. The van der Waals surface area contributed by atoms with Gasteiger partial charge < -0.3 is 18.8 Å². The Balaban J connectivity index is 1.38. The van der Waals surface area contributed by atoms with Crippen LogP contribution in [0.15, 0.2) is 41.7 Å². The number of nitrogens with zero attached hydrogens (tertiary/aromatic N) is 2. The van der Waals surface area contributed by atoms with Crippen molar-refractivity contribution in [2.75, 3.05) is 13.2 Å². The topological polar surface area (TPSA) is 92.3 Å². The van der Waals surface area contributed by atoms with Crippen LogP contribution in [0.1, 0.15) is 31.5 Å². The van der Waals surface area contributed by atoms with E-state index in [2.05, 4.69) is 15.0 Å². The summed E-state index contributed by atoms with van der Waals surface area (Å²) in [6, 6.07) is 9.47. The van der Waals surface area contributed by atoms with Crippen LogP contribution in [0.25, 0.3) is 11.0 Å². The van der Waals surface area contributed by atoms with Crippen molar-refractivity contribution in [3.8, 4) is 5.75 Å². The van der Waals surface area contributed by atoms with E-state index in [1.807, 2.05) is 51.1 Å². The summed E-state index contributed by atoms with van der Waals surface area (Å²) in [5.74, 6) is 0.497. The van der Waals surface area contributed by atoms with Gasteiger partial charge in [-0.3, -0.25) is 9.97 Å². The molecule has 1 aromatic carbocycles. The van der Waals surface area contributed by atoms with Gasteiger partial charge in [-0.25, -0.2) is 0 Å². The number of benzene rings is 1. The maximum absolute atomic E-state index is 12.8. The first-order valence-corrected chi connectivity index (χ1v) is 11.0. The molecular formula is C21H25N3O4S. The molecule has 7 nitrogen and oxygen atoms in total. The van der Waals surface area contributed by atoms with Gasteiger partial charge in [0, 0.05) is 29.4 Å². The number of para-hydroxylation sites is 2. The second-order valence-corrected chi connectivity index (χ2v) is 8.88. The molecular weight excluding hydrogens is 390 g/mol. The molecule has 0 amide bonds. The number of rotatable bonds is 7. The number of hydrogen-bond donors (Lipinski definition) is 1. The fourth-order valence-electron chi connectivity index (χ4n) is 3.30. The molecule has 0 bridgehead atoms. The molecule has 1 N–H and O–H groups in total. The summed E-state index contributed by atoms with van der Waals surface area (Å²) in [7, 11) is 0. The van der Waals surface area contributed by atoms with Crippen molar-refractivity contribution in [3.63, 3.8) is 0 Å². The lowest BCUT2D eigenvalue weighted by molar-refractivity contribution is -0.139. The van der Waals surface area contributed by atoms with Gasteiger partial charge in [-0.1, -0.05) is 12.1 Å². The van der Waals surface area contributed by atoms with Crippen molar-refractivity contribution in [1.82, 2.24) is 15.0 Å². The number of aromatic nitrogens is 3. The highest BCUT2D eigenvalue weighted by Gasteiger charge is 2.32. The molecule has 154 valence electrons. The molecule has 1 unspecified atom stereocenters. The Morgan fingerprint density at radius 1 is 1.31 bits per heavy atom. The van der Waals surface area contributed by atoms with E-state index in [0.29, 0.717) is 18.4 Å². The van der Waals surface area contributed by atoms with E-state index in [1.54, 1.807) is 6.20 Å². The van der Waals surface area contributed by atoms with E-state index >= 15 is 0 Å². The number of H-pyrrole nitrogens is 1. The quantitative estimate of drug-likeness (QED) is 0.594. The largest absolute Gasteiger partial charge is 0.609 e. The van der Waals surface area contributed by atoms with Crippen LogP contribution >= 0.6 is 0 Å². The number of hydrogen-bond acceptors (Lipinski definition) is 6. The fourth-order valence-corrected chi connectivity index (χ4v) is 4.40. The highest BCUT2D eigenvalue weighted by molar-refractivity contribution is 7.90. The summed E-state index contributed by atoms with van der Waals surface area (Å²) < 4.78 is 30.1. The second kappa shape index (κ2) is 8.31. The Labute approximate surface area is 173 Å². The first-order chi connectivity index (χ1) is 13.9. The Kier molecular flexibility index (Phi) is 5.78. The minimum absolute atomic E-state index is 0.0344. The Bertz CT molecular complexity index is 958. The number of pyridine rings is 1. The zero-order valence-electron chi connectivity index (χ0n) is 16.8. The average molecular weight is 416 g/mol. The average Bonchev–Trinajstić information content (AvgIpc) is 3.27. The number of nitrogens with one attached hydrogen (secondary N) is 1. The molecule has 3 aromatic rings. The molecule has 1 aliphatic heterocycles. The van der Waals surface area contributed by atoms with Crippen LogP contribution in [0.3, 0.4) is 0 Å². The van der Waals surface area contributed by atoms with Crippen LogP contribution in [0.2, 0.25) is 0 Å². The predicted molar refractivity (Wildman–Crippen MR) is 110 cm³/mol. The van der Waals surface area contributed by atoms with Crippen molar-refractivity contribution in [2.45, 2.75) is 50.0 Å².